The topological polar surface area (TPSA) is 131 Å². The number of halogens is 4. The van der Waals surface area contributed by atoms with E-state index in [0.717, 1.165) is 5.69 Å². The predicted molar refractivity (Wildman–Crippen MR) is 164 cm³/mol. The molecule has 1 aliphatic rings. The molecule has 0 bridgehead atoms. The van der Waals surface area contributed by atoms with Gasteiger partial charge in [-0.15, -0.1) is 0 Å². The monoisotopic (exact) mass is 657 g/mol. The lowest BCUT2D eigenvalue weighted by atomic mass is 9.95. The molecule has 10 nitrogen and oxygen atoms in total. The van der Waals surface area contributed by atoms with Gasteiger partial charge in [-0.05, 0) is 65.9 Å². The van der Waals surface area contributed by atoms with Crippen LogP contribution in [0.1, 0.15) is 40.0 Å². The van der Waals surface area contributed by atoms with E-state index in [0.29, 0.717) is 32.2 Å². The van der Waals surface area contributed by atoms with Crippen LogP contribution < -0.4 is 15.4 Å². The van der Waals surface area contributed by atoms with Crippen LogP contribution >= 0.6 is 0 Å². The Hall–Kier alpha value is -4.17. The number of para-hydroxylation sites is 1. The number of anilines is 1. The first kappa shape index (κ1) is 41.8. The Morgan fingerprint density at radius 2 is 1.48 bits per heavy atom. The number of nitrogens with zero attached hydrogens (tertiary/aromatic N) is 1. The highest BCUT2D eigenvalue weighted by Gasteiger charge is 2.29. The van der Waals surface area contributed by atoms with Crippen LogP contribution in [0.4, 0.5) is 23.2 Å². The van der Waals surface area contributed by atoms with E-state index in [1.165, 1.54) is 0 Å². The van der Waals surface area contributed by atoms with Gasteiger partial charge in [0.1, 0.15) is 12.9 Å². The number of amides is 1. The molecule has 46 heavy (non-hydrogen) atoms. The van der Waals surface area contributed by atoms with Crippen molar-refractivity contribution in [3.05, 3.63) is 59.7 Å². The van der Waals surface area contributed by atoms with Crippen LogP contribution in [0.15, 0.2) is 36.4 Å². The molecule has 0 aliphatic carbocycles. The van der Waals surface area contributed by atoms with Gasteiger partial charge in [-0.1, -0.05) is 18.2 Å². The fourth-order valence-corrected chi connectivity index (χ4v) is 3.45. The van der Waals surface area contributed by atoms with E-state index in [1.807, 2.05) is 70.1 Å². The number of hydrogen-bond donors (Lipinski definition) is 2. The maximum Gasteiger partial charge on any atom is 0.223 e. The third kappa shape index (κ3) is 16.8. The van der Waals surface area contributed by atoms with E-state index in [-0.39, 0.29) is 36.6 Å². The summed E-state index contributed by atoms with van der Waals surface area (Å²) in [5.74, 6) is -9.91. The van der Waals surface area contributed by atoms with Crippen molar-refractivity contribution >= 4 is 36.2 Å². The number of nitrogens with one attached hydrogen (secondary N) is 2. The van der Waals surface area contributed by atoms with Crippen molar-refractivity contribution in [3.63, 3.8) is 0 Å². The van der Waals surface area contributed by atoms with Crippen LogP contribution in [0, 0.1) is 29.2 Å². The lowest BCUT2D eigenvalue weighted by Crippen LogP contribution is -2.47. The zero-order valence-electron chi connectivity index (χ0n) is 26.9. The second-order valence-electron chi connectivity index (χ2n) is 10.8. The second kappa shape index (κ2) is 22.4. The number of rotatable bonds is 10. The third-order valence-corrected chi connectivity index (χ3v) is 6.29. The summed E-state index contributed by atoms with van der Waals surface area (Å²) in [6, 6.07) is 8.81. The SMILES string of the molecule is CN1CCC(C(=O)NC(CC=O)C(=O)COc2c(F)c(F)cc(F)c2F)CC1.CNc1ccccc1.COC(C)(C)C.O=CC=O. The van der Waals surface area contributed by atoms with E-state index in [1.54, 1.807) is 7.11 Å². The van der Waals surface area contributed by atoms with Crippen molar-refractivity contribution in [2.45, 2.75) is 51.7 Å². The average Bonchev–Trinajstić information content (AvgIpc) is 3.04. The van der Waals surface area contributed by atoms with Gasteiger partial charge in [0.2, 0.25) is 17.5 Å². The maximum absolute atomic E-state index is 13.6. The normalized spacial score (nSPS) is 13.5. The summed E-state index contributed by atoms with van der Waals surface area (Å²) in [5, 5.41) is 5.46. The van der Waals surface area contributed by atoms with Crippen LogP contribution in [-0.4, -0.2) is 88.0 Å². The number of carbonyl (C=O) groups excluding carboxylic acids is 5. The highest BCUT2D eigenvalue weighted by atomic mass is 19.2. The first-order valence-corrected chi connectivity index (χ1v) is 14.2. The standard InChI is InChI=1S/C18H20F4N2O4.C7H9N.C5H12O.C2H2O2/c1-24-5-2-10(3-6-24)18(27)23-13(4-7-25)14(26)9-28-17-15(21)11(19)8-12(20)16(17)22;1-8-7-5-3-2-4-6-7;1-5(2,3)6-4;3-1-2-4/h7-8,10,13H,2-6,9H2,1H3,(H,23,27);2-6,8H,1H3;1-4H3;1-2H. The number of benzene rings is 2. The van der Waals surface area contributed by atoms with Crippen molar-refractivity contribution in [2.75, 3.05) is 46.2 Å². The molecule has 2 aromatic carbocycles. The van der Waals surface area contributed by atoms with Crippen LogP contribution in [0.3, 0.4) is 0 Å². The summed E-state index contributed by atoms with van der Waals surface area (Å²) >= 11 is 0. The number of ketones is 1. The summed E-state index contributed by atoms with van der Waals surface area (Å²) < 4.78 is 63.1. The predicted octanol–water partition coefficient (Wildman–Crippen LogP) is 4.15. The quantitative estimate of drug-likeness (QED) is 0.168. The van der Waals surface area contributed by atoms with Crippen LogP contribution in [0.5, 0.6) is 5.75 Å². The van der Waals surface area contributed by atoms with E-state index in [9.17, 15) is 31.9 Å². The minimum Gasteiger partial charge on any atom is -0.479 e. The number of hydrogen-bond acceptors (Lipinski definition) is 9. The van der Waals surface area contributed by atoms with Gasteiger partial charge in [0, 0.05) is 38.2 Å². The lowest BCUT2D eigenvalue weighted by molar-refractivity contribution is -0.132. The van der Waals surface area contributed by atoms with Gasteiger partial charge < -0.3 is 29.8 Å². The molecule has 0 saturated carbocycles. The molecule has 0 spiro atoms. The molecule has 3 rings (SSSR count). The fourth-order valence-electron chi connectivity index (χ4n) is 3.45. The molecule has 1 unspecified atom stereocenters. The van der Waals surface area contributed by atoms with E-state index in [2.05, 4.69) is 15.4 Å². The summed E-state index contributed by atoms with van der Waals surface area (Å²) in [6.07, 6.45) is 1.59. The molecule has 1 saturated heterocycles. The van der Waals surface area contributed by atoms with Crippen molar-refractivity contribution in [1.82, 2.24) is 10.2 Å². The summed E-state index contributed by atoms with van der Waals surface area (Å²) in [5.41, 5.74) is 1.20. The number of likely N-dealkylation sites (tertiary alicyclic amines) is 1. The molecular weight excluding hydrogens is 614 g/mol. The van der Waals surface area contributed by atoms with E-state index < -0.39 is 53.4 Å². The average molecular weight is 658 g/mol. The third-order valence-electron chi connectivity index (χ3n) is 6.29. The Bertz CT molecular complexity index is 1200. The van der Waals surface area contributed by atoms with Crippen LogP contribution in [-0.2, 0) is 28.7 Å². The second-order valence-corrected chi connectivity index (χ2v) is 10.8. The van der Waals surface area contributed by atoms with E-state index in [4.69, 9.17) is 14.3 Å². The zero-order chi connectivity index (χ0) is 35.3. The van der Waals surface area contributed by atoms with Gasteiger partial charge in [-0.3, -0.25) is 19.2 Å². The molecule has 0 radical (unpaired) electrons. The van der Waals surface area contributed by atoms with Gasteiger partial charge in [0.15, 0.2) is 35.7 Å². The Balaban J connectivity index is 0.000000908. The van der Waals surface area contributed by atoms with E-state index >= 15 is 0 Å². The first-order valence-electron chi connectivity index (χ1n) is 14.2. The van der Waals surface area contributed by atoms with Crippen molar-refractivity contribution in [2.24, 2.45) is 5.92 Å². The number of Topliss-reactive ketones (excluding diaryl/α,β-unsaturated/α-hetero) is 1. The van der Waals surface area contributed by atoms with Gasteiger partial charge in [-0.2, -0.15) is 8.78 Å². The van der Waals surface area contributed by atoms with Crippen molar-refractivity contribution in [3.8, 4) is 5.75 Å². The van der Waals surface area contributed by atoms with Gasteiger partial charge in [0.05, 0.1) is 11.6 Å². The number of ether oxygens (including phenoxy) is 2. The zero-order valence-corrected chi connectivity index (χ0v) is 26.9. The molecule has 1 fully saturated rings. The number of methoxy groups -OCH3 is 1. The van der Waals surface area contributed by atoms with Gasteiger partial charge >= 0.3 is 0 Å². The minimum absolute atomic E-state index is 0.0103. The number of aldehydes is 3. The molecule has 256 valence electrons. The Kier molecular flexibility index (Phi) is 20.3. The van der Waals surface area contributed by atoms with Gasteiger partial charge in [0.25, 0.3) is 0 Å². The molecule has 1 aliphatic heterocycles. The maximum atomic E-state index is 13.6. The molecule has 1 atom stereocenters. The first-order chi connectivity index (χ1) is 21.6. The summed E-state index contributed by atoms with van der Waals surface area (Å²) in [6.45, 7) is 6.49. The molecular formula is C32H43F4N3O7. The fraction of sp³-hybridized carbons (Fsp3) is 0.469. The number of piperidine rings is 1. The smallest absolute Gasteiger partial charge is 0.223 e. The Labute approximate surface area is 266 Å². The minimum atomic E-state index is -1.78. The lowest BCUT2D eigenvalue weighted by Gasteiger charge is -2.29. The molecule has 0 aromatic heterocycles. The highest BCUT2D eigenvalue weighted by molar-refractivity contribution is 6.09. The van der Waals surface area contributed by atoms with Crippen molar-refractivity contribution in [1.29, 1.82) is 0 Å². The molecule has 1 amide bonds. The molecule has 1 heterocycles. The number of carbonyl (C=O) groups is 5. The van der Waals surface area contributed by atoms with Crippen LogP contribution in [0.25, 0.3) is 0 Å². The van der Waals surface area contributed by atoms with Crippen LogP contribution in [0.2, 0.25) is 0 Å². The molecule has 2 N–H and O–H groups in total. The Morgan fingerprint density at radius 1 is 0.978 bits per heavy atom. The van der Waals surface area contributed by atoms with Gasteiger partial charge in [-0.25, -0.2) is 8.78 Å². The molecule has 14 heteroatoms. The molecule has 2 aromatic rings. The Morgan fingerprint density at radius 3 is 1.87 bits per heavy atom. The highest BCUT2D eigenvalue weighted by Crippen LogP contribution is 2.26. The largest absolute Gasteiger partial charge is 0.479 e. The summed E-state index contributed by atoms with van der Waals surface area (Å²) in [4.78, 5) is 55.0. The summed E-state index contributed by atoms with van der Waals surface area (Å²) in [7, 11) is 5.53. The van der Waals surface area contributed by atoms with Crippen molar-refractivity contribution < 1.29 is 51.0 Å².